The predicted octanol–water partition coefficient (Wildman–Crippen LogP) is 0.778. The number of rotatable bonds is 2. The van der Waals surface area contributed by atoms with Crippen LogP contribution in [0.5, 0.6) is 0 Å². The topological polar surface area (TPSA) is 79.1 Å². The highest BCUT2D eigenvalue weighted by atomic mass is 15.3. The van der Waals surface area contributed by atoms with E-state index in [1.54, 1.807) is 0 Å². The molecule has 0 aromatic carbocycles. The number of nitrogens with one attached hydrogen (secondary N) is 2. The molecule has 1 aromatic rings. The van der Waals surface area contributed by atoms with E-state index >= 15 is 0 Å². The molecule has 6 heteroatoms. The third-order valence-corrected chi connectivity index (χ3v) is 3.34. The highest BCUT2D eigenvalue weighted by Gasteiger charge is 2.23. The van der Waals surface area contributed by atoms with Crippen LogP contribution < -0.4 is 21.5 Å². The molecule has 0 bridgehead atoms. The minimum atomic E-state index is -0.0952. The van der Waals surface area contributed by atoms with Gasteiger partial charge in [-0.1, -0.05) is 20.8 Å². The Bertz CT molecular complexity index is 445. The van der Waals surface area contributed by atoms with E-state index in [2.05, 4.69) is 41.4 Å². The number of piperazine rings is 1. The van der Waals surface area contributed by atoms with Gasteiger partial charge in [0.25, 0.3) is 0 Å². The summed E-state index contributed by atoms with van der Waals surface area (Å²) < 4.78 is 0. The van der Waals surface area contributed by atoms with Crippen LogP contribution in [0.25, 0.3) is 0 Å². The number of aromatic nitrogens is 2. The summed E-state index contributed by atoms with van der Waals surface area (Å²) in [6.07, 6.45) is 0. The lowest BCUT2D eigenvalue weighted by Gasteiger charge is -2.31. The number of hydrogen-bond acceptors (Lipinski definition) is 6. The minimum Gasteiger partial charge on any atom is -0.354 e. The molecule has 0 aliphatic carbocycles. The summed E-state index contributed by atoms with van der Waals surface area (Å²) in [6.45, 7) is 12.2. The quantitative estimate of drug-likeness (QED) is 0.541. The molecule has 0 spiro atoms. The molecule has 0 unspecified atom stereocenters. The fourth-order valence-corrected chi connectivity index (χ4v) is 2.17. The third-order valence-electron chi connectivity index (χ3n) is 3.34. The maximum Gasteiger partial charge on any atom is 0.148 e. The normalized spacial score (nSPS) is 16.6. The molecule has 0 atom stereocenters. The van der Waals surface area contributed by atoms with Crippen LogP contribution in [-0.4, -0.2) is 36.1 Å². The van der Waals surface area contributed by atoms with Gasteiger partial charge in [0, 0.05) is 37.2 Å². The monoisotopic (exact) mass is 264 g/mol. The first-order chi connectivity index (χ1) is 8.93. The third kappa shape index (κ3) is 2.96. The van der Waals surface area contributed by atoms with Crippen LogP contribution in [0, 0.1) is 6.92 Å². The summed E-state index contributed by atoms with van der Waals surface area (Å²) >= 11 is 0. The molecule has 2 rings (SSSR count). The van der Waals surface area contributed by atoms with Crippen molar-refractivity contribution in [1.29, 1.82) is 0 Å². The molecule has 1 aromatic heterocycles. The van der Waals surface area contributed by atoms with Crippen LogP contribution >= 0.6 is 0 Å². The summed E-state index contributed by atoms with van der Waals surface area (Å²) in [4.78, 5) is 11.6. The van der Waals surface area contributed by atoms with E-state index < -0.39 is 0 Å². The van der Waals surface area contributed by atoms with Crippen LogP contribution in [0.15, 0.2) is 0 Å². The summed E-state index contributed by atoms with van der Waals surface area (Å²) in [5.74, 6) is 8.12. The molecule has 0 amide bonds. The molecule has 1 fully saturated rings. The zero-order valence-electron chi connectivity index (χ0n) is 12.2. The zero-order chi connectivity index (χ0) is 14.0. The van der Waals surface area contributed by atoms with Crippen molar-refractivity contribution < 1.29 is 0 Å². The van der Waals surface area contributed by atoms with Crippen LogP contribution in [-0.2, 0) is 5.41 Å². The molecule has 106 valence electrons. The van der Waals surface area contributed by atoms with E-state index in [4.69, 9.17) is 10.8 Å². The van der Waals surface area contributed by atoms with Crippen molar-refractivity contribution in [3.63, 3.8) is 0 Å². The molecule has 1 aliphatic rings. The maximum atomic E-state index is 5.59. The highest BCUT2D eigenvalue weighted by molar-refractivity contribution is 5.58. The lowest BCUT2D eigenvalue weighted by Crippen LogP contribution is -2.44. The van der Waals surface area contributed by atoms with Gasteiger partial charge in [-0.05, 0) is 6.92 Å². The minimum absolute atomic E-state index is 0.0952. The van der Waals surface area contributed by atoms with Crippen molar-refractivity contribution in [2.24, 2.45) is 5.84 Å². The highest BCUT2D eigenvalue weighted by Crippen LogP contribution is 2.28. The second-order valence-electron chi connectivity index (χ2n) is 5.98. The van der Waals surface area contributed by atoms with E-state index in [0.717, 1.165) is 43.4 Å². The lowest BCUT2D eigenvalue weighted by molar-refractivity contribution is 0.537. The average molecular weight is 264 g/mol. The second-order valence-corrected chi connectivity index (χ2v) is 5.98. The largest absolute Gasteiger partial charge is 0.354 e. The first-order valence-electron chi connectivity index (χ1n) is 6.75. The summed E-state index contributed by atoms with van der Waals surface area (Å²) in [7, 11) is 0. The fraction of sp³-hybridized carbons (Fsp3) is 0.692. The standard InChI is InChI=1S/C13H24N6/c1-9-10(18-14)16-12(13(2,3)4)17-11(9)19-7-5-15-6-8-19/h15H,5-8,14H2,1-4H3,(H,16,17,18). The van der Waals surface area contributed by atoms with Crippen molar-refractivity contribution in [2.75, 3.05) is 36.5 Å². The molecule has 4 N–H and O–H groups in total. The van der Waals surface area contributed by atoms with E-state index in [-0.39, 0.29) is 5.41 Å². The van der Waals surface area contributed by atoms with Gasteiger partial charge in [0.1, 0.15) is 17.5 Å². The molecule has 1 aliphatic heterocycles. The Balaban J connectivity index is 2.45. The average Bonchev–Trinajstić information content (AvgIpc) is 2.38. The molecular formula is C13H24N6. The van der Waals surface area contributed by atoms with E-state index in [0.29, 0.717) is 5.82 Å². The lowest BCUT2D eigenvalue weighted by atomic mass is 9.95. The van der Waals surface area contributed by atoms with Gasteiger partial charge in [-0.15, -0.1) is 0 Å². The zero-order valence-corrected chi connectivity index (χ0v) is 12.2. The SMILES string of the molecule is Cc1c(NN)nc(C(C)(C)C)nc1N1CCNCC1. The van der Waals surface area contributed by atoms with Gasteiger partial charge >= 0.3 is 0 Å². The Kier molecular flexibility index (Phi) is 3.91. The van der Waals surface area contributed by atoms with Gasteiger partial charge in [0.05, 0.1) is 0 Å². The van der Waals surface area contributed by atoms with Gasteiger partial charge in [0.2, 0.25) is 0 Å². The number of hydrogen-bond donors (Lipinski definition) is 3. The Morgan fingerprint density at radius 1 is 1.21 bits per heavy atom. The summed E-state index contributed by atoms with van der Waals surface area (Å²) in [5.41, 5.74) is 3.61. The van der Waals surface area contributed by atoms with Crippen LogP contribution in [0.3, 0.4) is 0 Å². The Morgan fingerprint density at radius 2 is 1.84 bits per heavy atom. The van der Waals surface area contributed by atoms with Gasteiger partial charge < -0.3 is 15.6 Å². The first-order valence-corrected chi connectivity index (χ1v) is 6.75. The van der Waals surface area contributed by atoms with Crippen LogP contribution in [0.2, 0.25) is 0 Å². The number of hydrazine groups is 1. The molecule has 2 heterocycles. The predicted molar refractivity (Wildman–Crippen MR) is 78.4 cm³/mol. The second kappa shape index (κ2) is 5.30. The number of nitrogens with two attached hydrogens (primary N) is 1. The van der Waals surface area contributed by atoms with Crippen LogP contribution in [0.1, 0.15) is 32.2 Å². The van der Waals surface area contributed by atoms with Gasteiger partial charge in [0.15, 0.2) is 0 Å². The van der Waals surface area contributed by atoms with Crippen molar-refractivity contribution >= 4 is 11.6 Å². The maximum absolute atomic E-state index is 5.59. The number of anilines is 2. The summed E-state index contributed by atoms with van der Waals surface area (Å²) in [5, 5.41) is 3.35. The molecular weight excluding hydrogens is 240 g/mol. The van der Waals surface area contributed by atoms with Crippen LogP contribution in [0.4, 0.5) is 11.6 Å². The van der Waals surface area contributed by atoms with Crippen molar-refractivity contribution in [3.8, 4) is 0 Å². The molecule has 0 radical (unpaired) electrons. The molecule has 1 saturated heterocycles. The Hall–Kier alpha value is -1.40. The van der Waals surface area contributed by atoms with E-state index in [1.807, 2.05) is 6.92 Å². The first kappa shape index (κ1) is 14.0. The number of nitrogens with zero attached hydrogens (tertiary/aromatic N) is 3. The fourth-order valence-electron chi connectivity index (χ4n) is 2.17. The molecule has 0 saturated carbocycles. The molecule has 6 nitrogen and oxygen atoms in total. The Morgan fingerprint density at radius 3 is 2.37 bits per heavy atom. The van der Waals surface area contributed by atoms with Gasteiger partial charge in [-0.25, -0.2) is 15.8 Å². The van der Waals surface area contributed by atoms with Gasteiger partial charge in [-0.2, -0.15) is 0 Å². The van der Waals surface area contributed by atoms with Crippen molar-refractivity contribution in [3.05, 3.63) is 11.4 Å². The smallest absolute Gasteiger partial charge is 0.148 e. The van der Waals surface area contributed by atoms with Crippen molar-refractivity contribution in [2.45, 2.75) is 33.1 Å². The molecule has 19 heavy (non-hydrogen) atoms. The van der Waals surface area contributed by atoms with E-state index in [1.165, 1.54) is 0 Å². The Labute approximate surface area is 114 Å². The number of nitrogen functional groups attached to an aromatic ring is 1. The van der Waals surface area contributed by atoms with Crippen molar-refractivity contribution in [1.82, 2.24) is 15.3 Å². The summed E-state index contributed by atoms with van der Waals surface area (Å²) in [6, 6.07) is 0. The van der Waals surface area contributed by atoms with E-state index in [9.17, 15) is 0 Å². The van der Waals surface area contributed by atoms with Gasteiger partial charge in [-0.3, -0.25) is 0 Å².